The van der Waals surface area contributed by atoms with Gasteiger partial charge < -0.3 is 20.4 Å². The zero-order valence-corrected chi connectivity index (χ0v) is 14.5. The van der Waals surface area contributed by atoms with Gasteiger partial charge in [-0.1, -0.05) is 0 Å². The number of halogens is 1. The van der Waals surface area contributed by atoms with Crippen LogP contribution in [-0.2, 0) is 0 Å². The molecular formula is C16H19BrN6. The summed E-state index contributed by atoms with van der Waals surface area (Å²) in [4.78, 5) is 11.0. The second-order valence-electron chi connectivity index (χ2n) is 5.11. The van der Waals surface area contributed by atoms with Crippen LogP contribution in [0.1, 0.15) is 6.92 Å². The number of fused-ring (bicyclic) bond motifs is 1. The van der Waals surface area contributed by atoms with Gasteiger partial charge in [0.05, 0.1) is 0 Å². The van der Waals surface area contributed by atoms with Crippen molar-refractivity contribution < 1.29 is 0 Å². The molecule has 0 saturated heterocycles. The van der Waals surface area contributed by atoms with Gasteiger partial charge in [0.2, 0.25) is 0 Å². The van der Waals surface area contributed by atoms with Gasteiger partial charge in [0, 0.05) is 49.6 Å². The first-order valence-corrected chi connectivity index (χ1v) is 8.32. The standard InChI is InChI=1S/C16H19BrN6/c1-2-22(9-7-18)13-5-3-12(4-6-13)20-15-16-19-8-10-23(16)11-14(17)21-15/h3-6,8,10-11H,2,7,9,18H2,1H3,(H,20,21). The fourth-order valence-corrected chi connectivity index (χ4v) is 2.90. The molecule has 0 radical (unpaired) electrons. The monoisotopic (exact) mass is 374 g/mol. The fourth-order valence-electron chi connectivity index (χ4n) is 2.50. The molecule has 0 spiro atoms. The third-order valence-electron chi connectivity index (χ3n) is 3.62. The number of nitrogens with two attached hydrogens (primary N) is 1. The molecule has 0 atom stereocenters. The molecule has 0 amide bonds. The van der Waals surface area contributed by atoms with E-state index in [0.717, 1.165) is 34.7 Å². The Morgan fingerprint density at radius 3 is 2.78 bits per heavy atom. The highest BCUT2D eigenvalue weighted by Crippen LogP contribution is 2.23. The van der Waals surface area contributed by atoms with Gasteiger partial charge in [0.15, 0.2) is 11.5 Å². The van der Waals surface area contributed by atoms with Crippen LogP contribution < -0.4 is 16.0 Å². The van der Waals surface area contributed by atoms with Crippen molar-refractivity contribution in [3.8, 4) is 0 Å². The Kier molecular flexibility index (Phi) is 4.78. The smallest absolute Gasteiger partial charge is 0.180 e. The number of hydrogen-bond donors (Lipinski definition) is 2. The van der Waals surface area contributed by atoms with E-state index in [4.69, 9.17) is 5.73 Å². The van der Waals surface area contributed by atoms with Gasteiger partial charge in [0.25, 0.3) is 0 Å². The maximum atomic E-state index is 5.66. The number of anilines is 3. The lowest BCUT2D eigenvalue weighted by atomic mass is 10.2. The van der Waals surface area contributed by atoms with Crippen molar-refractivity contribution in [3.63, 3.8) is 0 Å². The number of aromatic nitrogens is 3. The first-order valence-electron chi connectivity index (χ1n) is 7.52. The van der Waals surface area contributed by atoms with Gasteiger partial charge in [0.1, 0.15) is 4.60 Å². The molecule has 3 aromatic rings. The topological polar surface area (TPSA) is 71.5 Å². The minimum Gasteiger partial charge on any atom is -0.371 e. The second kappa shape index (κ2) is 6.97. The summed E-state index contributed by atoms with van der Waals surface area (Å²) < 4.78 is 2.68. The van der Waals surface area contributed by atoms with Crippen molar-refractivity contribution in [3.05, 3.63) is 47.5 Å². The molecule has 0 fully saturated rings. The Labute approximate surface area is 143 Å². The fraction of sp³-hybridized carbons (Fsp3) is 0.250. The van der Waals surface area contributed by atoms with Crippen LogP contribution in [0.3, 0.4) is 0 Å². The number of nitrogens with one attached hydrogen (secondary N) is 1. The lowest BCUT2D eigenvalue weighted by Gasteiger charge is -2.22. The molecule has 0 bridgehead atoms. The number of rotatable bonds is 6. The summed E-state index contributed by atoms with van der Waals surface area (Å²) in [6, 6.07) is 8.25. The van der Waals surface area contributed by atoms with E-state index in [1.54, 1.807) is 6.20 Å². The van der Waals surface area contributed by atoms with Crippen LogP contribution in [-0.4, -0.2) is 34.0 Å². The summed E-state index contributed by atoms with van der Waals surface area (Å²) in [5, 5.41) is 3.32. The van der Waals surface area contributed by atoms with Crippen molar-refractivity contribution in [2.75, 3.05) is 29.9 Å². The summed E-state index contributed by atoms with van der Waals surface area (Å²) in [5.74, 6) is 0.714. The predicted molar refractivity (Wildman–Crippen MR) is 97.4 cm³/mol. The van der Waals surface area contributed by atoms with E-state index in [0.29, 0.717) is 12.4 Å². The average molecular weight is 375 g/mol. The summed E-state index contributed by atoms with van der Waals surface area (Å²) in [6.45, 7) is 4.56. The minimum absolute atomic E-state index is 0.646. The third-order valence-corrected chi connectivity index (χ3v) is 4.00. The van der Waals surface area contributed by atoms with E-state index in [2.05, 4.69) is 55.2 Å². The zero-order chi connectivity index (χ0) is 16.2. The van der Waals surface area contributed by atoms with Crippen LogP contribution in [0.25, 0.3) is 5.65 Å². The van der Waals surface area contributed by atoms with E-state index < -0.39 is 0 Å². The lowest BCUT2D eigenvalue weighted by Crippen LogP contribution is -2.28. The lowest BCUT2D eigenvalue weighted by molar-refractivity contribution is 0.817. The Balaban J connectivity index is 1.84. The minimum atomic E-state index is 0.646. The van der Waals surface area contributed by atoms with E-state index in [1.165, 1.54) is 0 Å². The Morgan fingerprint density at radius 1 is 1.30 bits per heavy atom. The highest BCUT2D eigenvalue weighted by Gasteiger charge is 2.08. The van der Waals surface area contributed by atoms with Crippen molar-refractivity contribution >= 4 is 38.8 Å². The molecular weight excluding hydrogens is 356 g/mol. The largest absolute Gasteiger partial charge is 0.371 e. The number of hydrogen-bond acceptors (Lipinski definition) is 5. The molecule has 7 heteroatoms. The first-order chi connectivity index (χ1) is 11.2. The van der Waals surface area contributed by atoms with E-state index in [-0.39, 0.29) is 0 Å². The zero-order valence-electron chi connectivity index (χ0n) is 12.9. The first kappa shape index (κ1) is 15.8. The maximum absolute atomic E-state index is 5.66. The summed E-state index contributed by atoms with van der Waals surface area (Å²) in [5.41, 5.74) is 8.57. The van der Waals surface area contributed by atoms with Crippen molar-refractivity contribution in [2.24, 2.45) is 5.73 Å². The van der Waals surface area contributed by atoms with E-state index in [9.17, 15) is 0 Å². The van der Waals surface area contributed by atoms with Crippen molar-refractivity contribution in [1.82, 2.24) is 14.4 Å². The maximum Gasteiger partial charge on any atom is 0.180 e. The van der Waals surface area contributed by atoms with E-state index in [1.807, 2.05) is 28.9 Å². The number of likely N-dealkylation sites (N-methyl/N-ethyl adjacent to an activating group) is 1. The quantitative estimate of drug-likeness (QED) is 0.693. The molecule has 120 valence electrons. The summed E-state index contributed by atoms with van der Waals surface area (Å²) in [6.07, 6.45) is 5.52. The van der Waals surface area contributed by atoms with Crippen molar-refractivity contribution in [2.45, 2.75) is 6.92 Å². The van der Waals surface area contributed by atoms with Crippen LogP contribution in [0.4, 0.5) is 17.2 Å². The SMILES string of the molecule is CCN(CCN)c1ccc(Nc2nc(Br)cn3ccnc23)cc1. The molecule has 0 aliphatic carbocycles. The molecule has 6 nitrogen and oxygen atoms in total. The molecule has 2 aromatic heterocycles. The molecule has 3 N–H and O–H groups in total. The molecule has 3 rings (SSSR count). The average Bonchev–Trinajstić information content (AvgIpc) is 3.02. The number of benzene rings is 1. The molecule has 1 aromatic carbocycles. The van der Waals surface area contributed by atoms with Gasteiger partial charge in [-0.25, -0.2) is 9.97 Å². The van der Waals surface area contributed by atoms with Crippen molar-refractivity contribution in [1.29, 1.82) is 0 Å². The van der Waals surface area contributed by atoms with Crippen LogP contribution in [0.5, 0.6) is 0 Å². The molecule has 0 saturated carbocycles. The second-order valence-corrected chi connectivity index (χ2v) is 5.92. The Hall–Kier alpha value is -2.12. The number of imidazole rings is 1. The Morgan fingerprint density at radius 2 is 2.09 bits per heavy atom. The highest BCUT2D eigenvalue weighted by molar-refractivity contribution is 9.10. The highest BCUT2D eigenvalue weighted by atomic mass is 79.9. The van der Waals surface area contributed by atoms with Gasteiger partial charge in [-0.2, -0.15) is 0 Å². The van der Waals surface area contributed by atoms with Crippen LogP contribution in [0, 0.1) is 0 Å². The van der Waals surface area contributed by atoms with Gasteiger partial charge >= 0.3 is 0 Å². The normalized spacial score (nSPS) is 10.9. The summed E-state index contributed by atoms with van der Waals surface area (Å²) >= 11 is 3.42. The number of nitrogens with zero attached hydrogens (tertiary/aromatic N) is 4. The molecule has 23 heavy (non-hydrogen) atoms. The Bertz CT molecular complexity index is 783. The van der Waals surface area contributed by atoms with Crippen LogP contribution >= 0.6 is 15.9 Å². The van der Waals surface area contributed by atoms with Crippen LogP contribution in [0.15, 0.2) is 47.5 Å². The van der Waals surface area contributed by atoms with Gasteiger partial charge in [-0.15, -0.1) is 0 Å². The molecule has 0 aliphatic heterocycles. The summed E-state index contributed by atoms with van der Waals surface area (Å²) in [7, 11) is 0. The van der Waals surface area contributed by atoms with Gasteiger partial charge in [-0.05, 0) is 47.1 Å². The van der Waals surface area contributed by atoms with E-state index >= 15 is 0 Å². The van der Waals surface area contributed by atoms with Crippen LogP contribution in [0.2, 0.25) is 0 Å². The van der Waals surface area contributed by atoms with Gasteiger partial charge in [-0.3, -0.25) is 0 Å². The predicted octanol–water partition coefficient (Wildman–Crippen LogP) is 3.02. The third kappa shape index (κ3) is 3.46. The molecule has 0 unspecified atom stereocenters. The molecule has 2 heterocycles. The molecule has 0 aliphatic rings.